The Kier molecular flexibility index (Phi) is 11.5. The maximum atomic E-state index is 12.4. The molecule has 0 saturated carbocycles. The van der Waals surface area contributed by atoms with E-state index in [2.05, 4.69) is 20.3 Å². The van der Waals surface area contributed by atoms with Gasteiger partial charge in [-0.3, -0.25) is 23.9 Å². The Morgan fingerprint density at radius 3 is 2.62 bits per heavy atom. The normalized spacial score (nSPS) is 20.9. The van der Waals surface area contributed by atoms with Crippen LogP contribution in [0.25, 0.3) is 11.2 Å². The van der Waals surface area contributed by atoms with Gasteiger partial charge in [0, 0.05) is 13.0 Å². The van der Waals surface area contributed by atoms with Crippen molar-refractivity contribution in [3.8, 4) is 0 Å². The second-order valence-corrected chi connectivity index (χ2v) is 9.58. The highest BCUT2D eigenvalue weighted by molar-refractivity contribution is 5.91. The van der Waals surface area contributed by atoms with E-state index in [4.69, 9.17) is 29.4 Å². The summed E-state index contributed by atoms with van der Waals surface area (Å²) in [4.78, 5) is 70.1. The second kappa shape index (κ2) is 14.8. The molecule has 1 saturated heterocycles. The zero-order valence-electron chi connectivity index (χ0n) is 23.2. The third-order valence-corrected chi connectivity index (χ3v) is 5.93. The largest absolute Gasteiger partial charge is 0.439 e. The first-order chi connectivity index (χ1) is 19.9. The fourth-order valence-electron chi connectivity index (χ4n) is 3.85. The molecule has 18 heteroatoms. The van der Waals surface area contributed by atoms with Crippen molar-refractivity contribution in [3.05, 3.63) is 16.7 Å². The van der Waals surface area contributed by atoms with Crippen molar-refractivity contribution in [1.29, 1.82) is 0 Å². The summed E-state index contributed by atoms with van der Waals surface area (Å²) in [6, 6.07) is 0. The summed E-state index contributed by atoms with van der Waals surface area (Å²) < 4.78 is 27.7. The first-order valence-corrected chi connectivity index (χ1v) is 13.0. The fraction of sp³-hybridized carbons (Fsp3) is 0.625. The zero-order valence-corrected chi connectivity index (χ0v) is 23.2. The first-order valence-electron chi connectivity index (χ1n) is 13.0. The maximum Gasteiger partial charge on any atom is 0.407 e. The van der Waals surface area contributed by atoms with Crippen LogP contribution in [-0.2, 0) is 38.1 Å². The van der Waals surface area contributed by atoms with Crippen LogP contribution in [0.3, 0.4) is 0 Å². The van der Waals surface area contributed by atoms with Gasteiger partial charge in [-0.15, -0.1) is 0 Å². The van der Waals surface area contributed by atoms with Gasteiger partial charge >= 0.3 is 18.0 Å². The minimum Gasteiger partial charge on any atom is -0.439 e. The molecule has 1 fully saturated rings. The van der Waals surface area contributed by atoms with Gasteiger partial charge in [0.1, 0.15) is 18.0 Å². The minimum atomic E-state index is -1.43. The molecule has 42 heavy (non-hydrogen) atoms. The molecule has 1 aliphatic rings. The molecule has 232 valence electrons. The van der Waals surface area contributed by atoms with Crippen molar-refractivity contribution in [1.82, 2.24) is 24.8 Å². The Balaban J connectivity index is 1.47. The van der Waals surface area contributed by atoms with Crippen molar-refractivity contribution in [2.45, 2.75) is 57.8 Å². The topological polar surface area (TPSA) is 257 Å². The van der Waals surface area contributed by atoms with Gasteiger partial charge in [0.2, 0.25) is 5.95 Å². The Morgan fingerprint density at radius 1 is 1.21 bits per heavy atom. The number of nitrogens with one attached hydrogen (secondary N) is 2. The van der Waals surface area contributed by atoms with E-state index in [1.54, 1.807) is 13.8 Å². The van der Waals surface area contributed by atoms with E-state index in [9.17, 15) is 34.2 Å². The number of fused-ring (bicyclic) bond motifs is 1. The van der Waals surface area contributed by atoms with Crippen LogP contribution in [0.2, 0.25) is 0 Å². The summed E-state index contributed by atoms with van der Waals surface area (Å²) >= 11 is 0. The summed E-state index contributed by atoms with van der Waals surface area (Å²) in [5, 5.41) is 22.6. The molecule has 3 heterocycles. The molecule has 18 nitrogen and oxygen atoms in total. The molecule has 2 aromatic rings. The van der Waals surface area contributed by atoms with E-state index >= 15 is 0 Å². The van der Waals surface area contributed by atoms with Crippen LogP contribution in [0.5, 0.6) is 0 Å². The molecular formula is C24H34N6O12. The third-order valence-electron chi connectivity index (χ3n) is 5.93. The van der Waals surface area contributed by atoms with Crippen LogP contribution in [0.1, 0.15) is 33.4 Å². The molecule has 0 spiro atoms. The van der Waals surface area contributed by atoms with Crippen LogP contribution < -0.4 is 16.6 Å². The average molecular weight is 599 g/mol. The number of rotatable bonds is 14. The molecular weight excluding hydrogens is 564 g/mol. The van der Waals surface area contributed by atoms with Crippen molar-refractivity contribution in [2.75, 3.05) is 38.7 Å². The highest BCUT2D eigenvalue weighted by Gasteiger charge is 2.47. The van der Waals surface area contributed by atoms with Gasteiger partial charge in [0.05, 0.1) is 38.7 Å². The number of ether oxygens (including phenoxy) is 5. The average Bonchev–Trinajstić information content (AvgIpc) is 3.47. The van der Waals surface area contributed by atoms with Gasteiger partial charge in [-0.05, 0) is 6.92 Å². The number of alkyl carbamates (subject to hydrolysis) is 1. The lowest BCUT2D eigenvalue weighted by Crippen LogP contribution is -2.40. The zero-order chi connectivity index (χ0) is 31.0. The van der Waals surface area contributed by atoms with E-state index in [0.717, 1.165) is 0 Å². The smallest absolute Gasteiger partial charge is 0.407 e. The van der Waals surface area contributed by atoms with E-state index in [1.807, 2.05) is 0 Å². The SMILES string of the molecule is CC(=O)CC(OCCOCCNC(=O)O[C@@H]1[C@H](O)[C@@H](CO)O[C@H]1n1cnc2c(=O)[nH]c(N)nc21)C(=O)OC(=O)C(C)C. The van der Waals surface area contributed by atoms with Gasteiger partial charge in [0.15, 0.2) is 29.6 Å². The second-order valence-electron chi connectivity index (χ2n) is 9.58. The lowest BCUT2D eigenvalue weighted by atomic mass is 10.1. The Bertz CT molecular complexity index is 1330. The molecule has 1 unspecified atom stereocenters. The molecule has 2 aromatic heterocycles. The number of imidazole rings is 1. The number of hydrogen-bond donors (Lipinski definition) is 5. The van der Waals surface area contributed by atoms with Crippen molar-refractivity contribution in [2.24, 2.45) is 5.92 Å². The quantitative estimate of drug-likeness (QED) is 0.0909. The lowest BCUT2D eigenvalue weighted by Gasteiger charge is -2.22. The van der Waals surface area contributed by atoms with Gasteiger partial charge in [0.25, 0.3) is 5.56 Å². The fourth-order valence-corrected chi connectivity index (χ4v) is 3.85. The predicted molar refractivity (Wildman–Crippen MR) is 140 cm³/mol. The van der Waals surface area contributed by atoms with Crippen molar-refractivity contribution in [3.63, 3.8) is 0 Å². The molecule has 1 aliphatic heterocycles. The minimum absolute atomic E-state index is 0.00331. The summed E-state index contributed by atoms with van der Waals surface area (Å²) in [7, 11) is 0. The molecule has 3 rings (SSSR count). The number of carbonyl (C=O) groups is 4. The number of nitrogen functional groups attached to an aromatic ring is 1. The van der Waals surface area contributed by atoms with Crippen LogP contribution in [0.15, 0.2) is 11.1 Å². The number of anilines is 1. The number of H-pyrrole nitrogens is 1. The van der Waals surface area contributed by atoms with Crippen molar-refractivity contribution < 1.29 is 53.1 Å². The van der Waals surface area contributed by atoms with E-state index < -0.39 is 66.8 Å². The number of aromatic amines is 1. The molecule has 0 bridgehead atoms. The van der Waals surface area contributed by atoms with Gasteiger partial charge in [-0.1, -0.05) is 13.8 Å². The molecule has 5 atom stereocenters. The number of amides is 1. The van der Waals surface area contributed by atoms with Crippen LogP contribution in [0.4, 0.5) is 10.7 Å². The van der Waals surface area contributed by atoms with E-state index in [1.165, 1.54) is 17.8 Å². The standard InChI is InChI=1S/C24H34N6O12/c1-11(2)21(35)42-22(36)13(8-12(3)32)39-7-6-38-5-4-26-24(37)41-17-16(33)14(9-31)40-20(17)30-10-27-15-18(30)28-23(25)29-19(15)34/h10-11,13-14,16-17,20,31,33H,4-9H2,1-3H3,(H,26,37)(H3,25,28,29,34)/t13?,14-,16-,17-,20-/m1/s1. The number of carbonyl (C=O) groups excluding carboxylic acids is 4. The molecule has 0 aliphatic carbocycles. The summed E-state index contributed by atoms with van der Waals surface area (Å²) in [5.74, 6) is -2.77. The summed E-state index contributed by atoms with van der Waals surface area (Å²) in [6.07, 6.45) is -6.34. The van der Waals surface area contributed by atoms with Gasteiger partial charge < -0.3 is 44.9 Å². The molecule has 6 N–H and O–H groups in total. The van der Waals surface area contributed by atoms with E-state index in [-0.39, 0.29) is 55.7 Å². The number of Topliss-reactive ketones (excluding diaryl/α,β-unsaturated/α-hetero) is 1. The number of aliphatic hydroxyl groups excluding tert-OH is 2. The monoisotopic (exact) mass is 598 g/mol. The molecule has 0 radical (unpaired) electrons. The van der Waals surface area contributed by atoms with E-state index in [0.29, 0.717) is 0 Å². The Hall–Kier alpha value is -3.97. The Labute approximate surface area is 238 Å². The summed E-state index contributed by atoms with van der Waals surface area (Å²) in [5.41, 5.74) is 4.97. The summed E-state index contributed by atoms with van der Waals surface area (Å²) in [6.45, 7) is 3.64. The molecule has 1 amide bonds. The highest BCUT2D eigenvalue weighted by atomic mass is 16.6. The Morgan fingerprint density at radius 2 is 1.95 bits per heavy atom. The number of hydrogen-bond acceptors (Lipinski definition) is 15. The van der Waals surface area contributed by atoms with Crippen LogP contribution in [-0.4, -0.2) is 111 Å². The molecule has 0 aromatic carbocycles. The van der Waals surface area contributed by atoms with Crippen LogP contribution in [0, 0.1) is 5.92 Å². The maximum absolute atomic E-state index is 12.4. The van der Waals surface area contributed by atoms with Gasteiger partial charge in [-0.25, -0.2) is 14.6 Å². The number of aromatic nitrogens is 4. The van der Waals surface area contributed by atoms with Crippen molar-refractivity contribution >= 4 is 40.9 Å². The highest BCUT2D eigenvalue weighted by Crippen LogP contribution is 2.33. The third kappa shape index (κ3) is 8.29. The number of esters is 2. The first kappa shape index (κ1) is 32.5. The number of nitrogens with zero attached hydrogens (tertiary/aromatic N) is 3. The predicted octanol–water partition coefficient (Wildman–Crippen LogP) is -1.85. The number of ketones is 1. The number of aliphatic hydroxyl groups is 2. The lowest BCUT2D eigenvalue weighted by molar-refractivity contribution is -0.171. The van der Waals surface area contributed by atoms with Crippen LogP contribution >= 0.6 is 0 Å². The van der Waals surface area contributed by atoms with Gasteiger partial charge in [-0.2, -0.15) is 4.98 Å². The number of nitrogens with two attached hydrogens (primary N) is 1.